The fourth-order valence-electron chi connectivity index (χ4n) is 2.35. The van der Waals surface area contributed by atoms with Gasteiger partial charge in [-0.05, 0) is 46.0 Å². The Morgan fingerprint density at radius 2 is 2.05 bits per heavy atom. The quantitative estimate of drug-likeness (QED) is 0.555. The summed E-state index contributed by atoms with van der Waals surface area (Å²) in [6.07, 6.45) is 4.40. The summed E-state index contributed by atoms with van der Waals surface area (Å²) in [4.78, 5) is 25.3. The van der Waals surface area contributed by atoms with Crippen LogP contribution in [-0.4, -0.2) is 36.5 Å². The first-order valence-electron chi connectivity index (χ1n) is 7.28. The van der Waals surface area contributed by atoms with Crippen LogP contribution in [0.25, 0.3) is 0 Å². The van der Waals surface area contributed by atoms with Crippen LogP contribution in [0.3, 0.4) is 0 Å². The molecule has 0 N–H and O–H groups in total. The van der Waals surface area contributed by atoms with E-state index in [9.17, 15) is 9.59 Å². The van der Waals surface area contributed by atoms with Crippen LogP contribution in [0.5, 0.6) is 0 Å². The van der Waals surface area contributed by atoms with Crippen molar-refractivity contribution < 1.29 is 14.3 Å². The summed E-state index contributed by atoms with van der Waals surface area (Å²) < 4.78 is 5.10. The largest absolute Gasteiger partial charge is 0.452 e. The zero-order chi connectivity index (χ0) is 15.1. The molecule has 0 aromatic heterocycles. The van der Waals surface area contributed by atoms with Gasteiger partial charge in [0, 0.05) is 18.7 Å². The minimum Gasteiger partial charge on any atom is -0.452 e. The fraction of sp³-hybridized carbons (Fsp3) is 0.625. The van der Waals surface area contributed by atoms with Crippen LogP contribution in [0, 0.1) is 5.92 Å². The highest BCUT2D eigenvalue weighted by Crippen LogP contribution is 2.28. The Balaban J connectivity index is 2.44. The molecule has 0 bridgehead atoms. The van der Waals surface area contributed by atoms with Crippen LogP contribution in [0.1, 0.15) is 40.0 Å². The molecule has 0 unspecified atom stereocenters. The van der Waals surface area contributed by atoms with Crippen LogP contribution < -0.4 is 0 Å². The molecule has 0 fully saturated rings. The molecule has 1 amide bonds. The van der Waals surface area contributed by atoms with Crippen molar-refractivity contribution in [3.8, 4) is 0 Å². The third-order valence-corrected chi connectivity index (χ3v) is 3.81. The van der Waals surface area contributed by atoms with Crippen molar-refractivity contribution in [3.05, 3.63) is 23.8 Å². The van der Waals surface area contributed by atoms with E-state index in [1.807, 2.05) is 26.8 Å². The Morgan fingerprint density at radius 3 is 2.50 bits per heavy atom. The Morgan fingerprint density at radius 1 is 1.40 bits per heavy atom. The fourth-order valence-corrected chi connectivity index (χ4v) is 2.35. The predicted octanol–water partition coefficient (Wildman–Crippen LogP) is 2.70. The molecule has 1 aliphatic carbocycles. The molecular weight excluding hydrogens is 254 g/mol. The highest BCUT2D eigenvalue weighted by atomic mass is 16.5. The van der Waals surface area contributed by atoms with Crippen molar-refractivity contribution in [2.75, 3.05) is 19.7 Å². The second-order valence-electron chi connectivity index (χ2n) is 5.19. The minimum atomic E-state index is -0.356. The lowest BCUT2D eigenvalue weighted by atomic mass is 9.85. The maximum Gasteiger partial charge on any atom is 0.334 e. The molecule has 0 saturated heterocycles. The van der Waals surface area contributed by atoms with Crippen LogP contribution in [0.15, 0.2) is 23.8 Å². The zero-order valence-electron chi connectivity index (χ0n) is 12.8. The Labute approximate surface area is 121 Å². The average molecular weight is 279 g/mol. The summed E-state index contributed by atoms with van der Waals surface area (Å²) in [5.74, 6) is -0.0332. The molecule has 0 heterocycles. The number of allylic oxidation sites excluding steroid dienone is 2. The normalized spacial score (nSPS) is 18.1. The van der Waals surface area contributed by atoms with Crippen molar-refractivity contribution in [2.45, 2.75) is 40.0 Å². The Bertz CT molecular complexity index is 408. The van der Waals surface area contributed by atoms with E-state index in [0.717, 1.165) is 18.4 Å². The molecular formula is C16H25NO3. The van der Waals surface area contributed by atoms with Crippen LogP contribution in [0.4, 0.5) is 0 Å². The number of esters is 1. The van der Waals surface area contributed by atoms with Gasteiger partial charge in [-0.3, -0.25) is 4.79 Å². The molecule has 1 atom stereocenters. The molecule has 0 spiro atoms. The Hall–Kier alpha value is -1.58. The van der Waals surface area contributed by atoms with Gasteiger partial charge >= 0.3 is 5.97 Å². The van der Waals surface area contributed by atoms with Crippen molar-refractivity contribution in [2.24, 2.45) is 5.92 Å². The second kappa shape index (κ2) is 7.88. The van der Waals surface area contributed by atoms with Gasteiger partial charge in [0.25, 0.3) is 5.91 Å². The van der Waals surface area contributed by atoms with Gasteiger partial charge in [0.15, 0.2) is 6.61 Å². The summed E-state index contributed by atoms with van der Waals surface area (Å²) in [6, 6.07) is 0. The lowest BCUT2D eigenvalue weighted by Crippen LogP contribution is -2.34. The molecule has 0 aliphatic heterocycles. The third kappa shape index (κ3) is 4.51. The number of ether oxygens (including phenoxy) is 1. The maximum absolute atomic E-state index is 11.9. The highest BCUT2D eigenvalue weighted by molar-refractivity contribution is 5.90. The van der Waals surface area contributed by atoms with E-state index < -0.39 is 0 Å². The topological polar surface area (TPSA) is 46.6 Å². The Kier molecular flexibility index (Phi) is 6.49. The summed E-state index contributed by atoms with van der Waals surface area (Å²) in [5.41, 5.74) is 1.85. The van der Waals surface area contributed by atoms with Crippen molar-refractivity contribution in [1.29, 1.82) is 0 Å². The van der Waals surface area contributed by atoms with Gasteiger partial charge in [-0.2, -0.15) is 0 Å². The number of carbonyl (C=O) groups excluding carboxylic acids is 2. The number of likely N-dealkylation sites (N-methyl/N-ethyl adjacent to an activating group) is 1. The number of carbonyl (C=O) groups is 2. The molecule has 0 aromatic rings. The third-order valence-electron chi connectivity index (χ3n) is 3.81. The number of hydrogen-bond acceptors (Lipinski definition) is 3. The summed E-state index contributed by atoms with van der Waals surface area (Å²) in [5, 5.41) is 0. The van der Waals surface area contributed by atoms with E-state index in [0.29, 0.717) is 31.0 Å². The standard InChI is InChI=1S/C16H25NO3/c1-5-17(6-2)15(18)11-20-16(19)14-9-7-13(8-10-14)12(3)4/h9,13H,3,5-8,10-11H2,1-2,4H3/t13-/m0/s1. The SMILES string of the molecule is C=C(C)[C@H]1CC=C(C(=O)OCC(=O)N(CC)CC)CC1. The number of amides is 1. The van der Waals surface area contributed by atoms with Crippen molar-refractivity contribution >= 4 is 11.9 Å². The van der Waals surface area contributed by atoms with Gasteiger partial charge in [-0.15, -0.1) is 0 Å². The zero-order valence-corrected chi connectivity index (χ0v) is 12.8. The van der Waals surface area contributed by atoms with Gasteiger partial charge in [0.2, 0.25) is 0 Å². The first-order chi connectivity index (χ1) is 9.49. The molecule has 0 aromatic carbocycles. The van der Waals surface area contributed by atoms with E-state index in [1.54, 1.807) is 4.90 Å². The van der Waals surface area contributed by atoms with E-state index >= 15 is 0 Å². The van der Waals surface area contributed by atoms with Gasteiger partial charge in [0.05, 0.1) is 0 Å². The van der Waals surface area contributed by atoms with Gasteiger partial charge in [-0.25, -0.2) is 4.79 Å². The molecule has 20 heavy (non-hydrogen) atoms. The molecule has 1 aliphatic rings. The van der Waals surface area contributed by atoms with Gasteiger partial charge in [-0.1, -0.05) is 18.2 Å². The van der Waals surface area contributed by atoms with Crippen LogP contribution in [0.2, 0.25) is 0 Å². The molecule has 1 rings (SSSR count). The van der Waals surface area contributed by atoms with Crippen molar-refractivity contribution in [3.63, 3.8) is 0 Å². The monoisotopic (exact) mass is 279 g/mol. The van der Waals surface area contributed by atoms with E-state index in [1.165, 1.54) is 0 Å². The lowest BCUT2D eigenvalue weighted by molar-refractivity contribution is -0.149. The van der Waals surface area contributed by atoms with E-state index in [2.05, 4.69) is 6.58 Å². The van der Waals surface area contributed by atoms with Gasteiger partial charge < -0.3 is 9.64 Å². The first-order valence-corrected chi connectivity index (χ1v) is 7.28. The molecule has 0 saturated carbocycles. The predicted molar refractivity (Wildman–Crippen MR) is 79.1 cm³/mol. The smallest absolute Gasteiger partial charge is 0.334 e. The van der Waals surface area contributed by atoms with Gasteiger partial charge in [0.1, 0.15) is 0 Å². The first kappa shape index (κ1) is 16.5. The number of nitrogens with zero attached hydrogens (tertiary/aromatic N) is 1. The van der Waals surface area contributed by atoms with E-state index in [4.69, 9.17) is 4.74 Å². The number of rotatable bonds is 6. The summed E-state index contributed by atoms with van der Waals surface area (Å²) in [6.45, 7) is 10.9. The lowest BCUT2D eigenvalue weighted by Gasteiger charge is -2.22. The van der Waals surface area contributed by atoms with Crippen molar-refractivity contribution in [1.82, 2.24) is 4.90 Å². The highest BCUT2D eigenvalue weighted by Gasteiger charge is 2.21. The molecule has 4 nitrogen and oxygen atoms in total. The minimum absolute atomic E-state index is 0.139. The van der Waals surface area contributed by atoms with Crippen LogP contribution in [-0.2, 0) is 14.3 Å². The van der Waals surface area contributed by atoms with Crippen LogP contribution >= 0.6 is 0 Å². The summed E-state index contributed by atoms with van der Waals surface area (Å²) >= 11 is 0. The maximum atomic E-state index is 11.9. The molecule has 4 heteroatoms. The summed E-state index contributed by atoms with van der Waals surface area (Å²) in [7, 11) is 0. The molecule has 0 radical (unpaired) electrons. The average Bonchev–Trinajstić information content (AvgIpc) is 2.46. The van der Waals surface area contributed by atoms with E-state index in [-0.39, 0.29) is 18.5 Å². The second-order valence-corrected chi connectivity index (χ2v) is 5.19. The number of hydrogen-bond donors (Lipinski definition) is 0. The molecule has 112 valence electrons.